The molecule has 2 aromatic carbocycles. The molecule has 2 atom stereocenters. The second kappa shape index (κ2) is 15.7. The van der Waals surface area contributed by atoms with Gasteiger partial charge in [-0.05, 0) is 50.1 Å². The number of aryl methyl sites for hydroxylation is 1. The number of hydrogen-bond acceptors (Lipinski definition) is 8. The first-order valence-corrected chi connectivity index (χ1v) is 17.5. The van der Waals surface area contributed by atoms with Crippen molar-refractivity contribution in [1.82, 2.24) is 29.9 Å². The highest BCUT2D eigenvalue weighted by atomic mass is 35.5. The average molecular weight is 746 g/mol. The van der Waals surface area contributed by atoms with Crippen LogP contribution in [0.2, 0.25) is 10.0 Å². The van der Waals surface area contributed by atoms with E-state index < -0.39 is 12.2 Å². The second-order valence-corrected chi connectivity index (χ2v) is 13.5. The lowest BCUT2D eigenvalue weighted by atomic mass is 9.97. The molecule has 0 saturated carbocycles. The van der Waals surface area contributed by atoms with Crippen molar-refractivity contribution in [2.75, 3.05) is 20.2 Å². The van der Waals surface area contributed by atoms with Crippen LogP contribution in [0.1, 0.15) is 36.6 Å². The first kappa shape index (κ1) is 36.8. The van der Waals surface area contributed by atoms with Gasteiger partial charge in [0.1, 0.15) is 5.65 Å². The first-order valence-electron chi connectivity index (χ1n) is 16.7. The van der Waals surface area contributed by atoms with E-state index in [1.54, 1.807) is 32.2 Å². The molecule has 1 saturated heterocycles. The molecule has 1 aliphatic heterocycles. The summed E-state index contributed by atoms with van der Waals surface area (Å²) in [4.78, 5) is 47.6. The van der Waals surface area contributed by atoms with Gasteiger partial charge in [0.2, 0.25) is 11.8 Å². The summed E-state index contributed by atoms with van der Waals surface area (Å²) in [5.74, 6) is 0.168. The highest BCUT2D eigenvalue weighted by Gasteiger charge is 2.26. The van der Waals surface area contributed by atoms with Crippen molar-refractivity contribution in [2.24, 2.45) is 0 Å². The third-order valence-corrected chi connectivity index (χ3v) is 9.85. The molecule has 52 heavy (non-hydrogen) atoms. The minimum absolute atomic E-state index is 0.0230. The number of benzene rings is 2. The number of carbonyl (C=O) groups is 2. The van der Waals surface area contributed by atoms with Crippen LogP contribution in [0.15, 0.2) is 71.7 Å². The van der Waals surface area contributed by atoms with Gasteiger partial charge in [0.05, 0.1) is 41.1 Å². The van der Waals surface area contributed by atoms with E-state index in [9.17, 15) is 24.6 Å². The third kappa shape index (κ3) is 7.75. The Balaban J connectivity index is 1.29. The molecule has 0 spiro atoms. The van der Waals surface area contributed by atoms with Crippen LogP contribution in [0, 0.1) is 6.92 Å². The number of halogens is 2. The number of methoxy groups -OCH3 is 1. The van der Waals surface area contributed by atoms with Crippen LogP contribution in [0.4, 0.5) is 4.79 Å². The van der Waals surface area contributed by atoms with E-state index in [1.807, 2.05) is 48.5 Å². The van der Waals surface area contributed by atoms with Crippen molar-refractivity contribution in [3.63, 3.8) is 0 Å². The number of carboxylic acid groups (broad SMARTS) is 1. The molecule has 270 valence electrons. The highest BCUT2D eigenvalue weighted by molar-refractivity contribution is 6.39. The maximum Gasteiger partial charge on any atom is 0.407 e. The summed E-state index contributed by atoms with van der Waals surface area (Å²) in [7, 11) is 1.47. The predicted molar refractivity (Wildman–Crippen MR) is 200 cm³/mol. The summed E-state index contributed by atoms with van der Waals surface area (Å²) < 4.78 is 7.08. The quantitative estimate of drug-likeness (QED) is 0.121. The molecule has 1 unspecified atom stereocenters. The Morgan fingerprint density at radius 3 is 2.40 bits per heavy atom. The van der Waals surface area contributed by atoms with Gasteiger partial charge in [0, 0.05) is 71.8 Å². The van der Waals surface area contributed by atoms with Crippen LogP contribution in [-0.2, 0) is 17.9 Å². The zero-order chi connectivity index (χ0) is 37.1. The maximum absolute atomic E-state index is 13.3. The van der Waals surface area contributed by atoms with E-state index in [1.165, 1.54) is 16.4 Å². The minimum Gasteiger partial charge on any atom is -0.481 e. The predicted octanol–water partition coefficient (Wildman–Crippen LogP) is 5.94. The molecule has 3 aromatic heterocycles. The van der Waals surface area contributed by atoms with E-state index in [-0.39, 0.29) is 36.5 Å². The van der Waals surface area contributed by atoms with Gasteiger partial charge < -0.3 is 30.5 Å². The number of pyridine rings is 2. The molecule has 2 amide bonds. The van der Waals surface area contributed by atoms with Gasteiger partial charge in [-0.2, -0.15) is 0 Å². The van der Waals surface area contributed by atoms with Crippen molar-refractivity contribution in [3.05, 3.63) is 104 Å². The lowest BCUT2D eigenvalue weighted by Gasteiger charge is -2.23. The van der Waals surface area contributed by atoms with Crippen molar-refractivity contribution >= 4 is 40.8 Å². The number of fused-ring (bicyclic) bond motifs is 1. The van der Waals surface area contributed by atoms with E-state index in [4.69, 9.17) is 37.9 Å². The molecule has 1 fully saturated rings. The summed E-state index contributed by atoms with van der Waals surface area (Å²) in [6.07, 6.45) is 0.984. The number of aliphatic hydroxyl groups excluding tert-OH is 1. The average Bonchev–Trinajstić information content (AvgIpc) is 3.53. The fourth-order valence-corrected chi connectivity index (χ4v) is 7.04. The zero-order valence-electron chi connectivity index (χ0n) is 28.8. The zero-order valence-corrected chi connectivity index (χ0v) is 30.3. The van der Waals surface area contributed by atoms with Gasteiger partial charge in [0.15, 0.2) is 0 Å². The molecule has 0 radical (unpaired) electrons. The Bertz CT molecular complexity index is 2230. The topological polar surface area (TPSA) is 158 Å². The van der Waals surface area contributed by atoms with Crippen molar-refractivity contribution < 1.29 is 24.5 Å². The number of aliphatic hydroxyl groups is 1. The molecule has 0 aliphatic carbocycles. The van der Waals surface area contributed by atoms with Gasteiger partial charge in [-0.15, -0.1) is 0 Å². The Morgan fingerprint density at radius 2 is 1.75 bits per heavy atom. The number of ether oxygens (including phenoxy) is 1. The third-order valence-electron chi connectivity index (χ3n) is 9.04. The summed E-state index contributed by atoms with van der Waals surface area (Å²) in [5, 5.41) is 26.2. The number of nitrogens with zero attached hydrogens (tertiary/aromatic N) is 4. The summed E-state index contributed by atoms with van der Waals surface area (Å²) in [6.45, 7) is 4.29. The van der Waals surface area contributed by atoms with Crippen molar-refractivity contribution in [3.8, 4) is 39.4 Å². The molecular weight excluding hydrogens is 707 g/mol. The summed E-state index contributed by atoms with van der Waals surface area (Å²) >= 11 is 14.2. The first-order chi connectivity index (χ1) is 24.9. The lowest BCUT2D eigenvalue weighted by molar-refractivity contribution is -0.119. The largest absolute Gasteiger partial charge is 0.481 e. The van der Waals surface area contributed by atoms with E-state index >= 15 is 0 Å². The Labute approximate surface area is 310 Å². The standard InChI is InChI=1S/C38H38Cl2N6O6/c1-21(47)17-41-18-30-22(2)42-32-16-23(14-15-46(32)37(30)49)26-6-4-7-27(34(26)39)28-8-5-9-29(35(28)40)31-12-10-24(36(44-31)52-3)19-45(38(50)51)20-25-11-13-33(48)43-25/h4-10,12,14-16,21,25,41,47H,11,13,17-20H2,1-3H3,(H,43,48)(H,50,51)/t21?,25-/m0/s1. The van der Waals surface area contributed by atoms with Crippen LogP contribution in [0.25, 0.3) is 39.2 Å². The molecule has 4 heterocycles. The van der Waals surface area contributed by atoms with Gasteiger partial charge in [-0.3, -0.25) is 14.0 Å². The van der Waals surface area contributed by atoms with E-state index in [0.717, 1.165) is 11.1 Å². The number of amides is 2. The molecule has 14 heteroatoms. The maximum atomic E-state index is 13.3. The van der Waals surface area contributed by atoms with E-state index in [0.29, 0.717) is 80.8 Å². The van der Waals surface area contributed by atoms with Crippen LogP contribution in [0.5, 0.6) is 5.88 Å². The number of rotatable bonds is 12. The fourth-order valence-electron chi connectivity index (χ4n) is 6.38. The minimum atomic E-state index is -1.11. The normalized spacial score (nSPS) is 14.7. The smallest absolute Gasteiger partial charge is 0.407 e. The SMILES string of the molecule is COc1nc(-c2cccc(-c3cccc(-c4ccn5c(=O)c(CNCC(C)O)c(C)nc5c4)c3Cl)c2Cl)ccc1CN(C[C@@H]1CCC(=O)N1)C(=O)O. The van der Waals surface area contributed by atoms with Crippen molar-refractivity contribution in [2.45, 2.75) is 51.9 Å². The van der Waals surface area contributed by atoms with Gasteiger partial charge in [0.25, 0.3) is 5.56 Å². The monoisotopic (exact) mass is 744 g/mol. The molecule has 4 N–H and O–H groups in total. The summed E-state index contributed by atoms with van der Waals surface area (Å²) in [6, 6.07) is 18.1. The Morgan fingerprint density at radius 1 is 1.06 bits per heavy atom. The lowest BCUT2D eigenvalue weighted by Crippen LogP contribution is -2.41. The van der Waals surface area contributed by atoms with Gasteiger partial charge >= 0.3 is 6.09 Å². The van der Waals surface area contributed by atoms with Crippen molar-refractivity contribution in [1.29, 1.82) is 0 Å². The van der Waals surface area contributed by atoms with Crippen LogP contribution < -0.4 is 20.9 Å². The molecule has 12 nitrogen and oxygen atoms in total. The molecule has 0 bridgehead atoms. The van der Waals surface area contributed by atoms with Crippen LogP contribution in [0.3, 0.4) is 0 Å². The number of nitrogens with one attached hydrogen (secondary N) is 2. The number of carbonyl (C=O) groups excluding carboxylic acids is 1. The summed E-state index contributed by atoms with van der Waals surface area (Å²) in [5.41, 5.74) is 5.96. The molecule has 6 rings (SSSR count). The van der Waals surface area contributed by atoms with Gasteiger partial charge in [-0.25, -0.2) is 14.8 Å². The Hall–Kier alpha value is -5.01. The Kier molecular flexibility index (Phi) is 11.1. The number of hydrogen-bond donors (Lipinski definition) is 4. The molecular formula is C38H38Cl2N6O6. The van der Waals surface area contributed by atoms with E-state index in [2.05, 4.69) is 10.6 Å². The van der Waals surface area contributed by atoms with Gasteiger partial charge in [-0.1, -0.05) is 59.6 Å². The fraction of sp³-hybridized carbons (Fsp3) is 0.289. The second-order valence-electron chi connectivity index (χ2n) is 12.8. The van der Waals surface area contributed by atoms with Crippen LogP contribution in [-0.4, -0.2) is 73.8 Å². The molecule has 5 aromatic rings. The number of aromatic nitrogens is 3. The van der Waals surface area contributed by atoms with Crippen LogP contribution >= 0.6 is 23.2 Å². The highest BCUT2D eigenvalue weighted by Crippen LogP contribution is 2.42. The molecule has 1 aliphatic rings.